The van der Waals surface area contributed by atoms with E-state index in [2.05, 4.69) is 5.32 Å². The summed E-state index contributed by atoms with van der Waals surface area (Å²) in [5.74, 6) is 0.319. The molecule has 2 aromatic carbocycles. The van der Waals surface area contributed by atoms with E-state index in [1.54, 1.807) is 12.1 Å². The van der Waals surface area contributed by atoms with Crippen LogP contribution in [0.2, 0.25) is 0 Å². The van der Waals surface area contributed by atoms with Crippen molar-refractivity contribution in [3.05, 3.63) is 65.2 Å². The predicted octanol–water partition coefficient (Wildman–Crippen LogP) is 2.91. The van der Waals surface area contributed by atoms with E-state index < -0.39 is 0 Å². The van der Waals surface area contributed by atoms with Gasteiger partial charge in [-0.3, -0.25) is 9.59 Å². The molecule has 1 heterocycles. The molecule has 1 aliphatic rings. The zero-order valence-corrected chi connectivity index (χ0v) is 15.6. The van der Waals surface area contributed by atoms with E-state index >= 15 is 0 Å². The standard InChI is InChI=1S/C22H26N2O3/c1-16-2-6-19(7-3-16)22(27)24-14-11-18(12-15-24)21(26)23-13-10-17-4-8-20(25)9-5-17/h2-9,18,25H,10-15H2,1H3,(H,23,26). The summed E-state index contributed by atoms with van der Waals surface area (Å²) in [7, 11) is 0. The van der Waals surface area contributed by atoms with Crippen LogP contribution >= 0.6 is 0 Å². The molecule has 2 N–H and O–H groups in total. The Balaban J connectivity index is 1.42. The van der Waals surface area contributed by atoms with E-state index in [1.807, 2.05) is 48.2 Å². The van der Waals surface area contributed by atoms with Crippen molar-refractivity contribution in [2.45, 2.75) is 26.2 Å². The number of rotatable bonds is 5. The van der Waals surface area contributed by atoms with Crippen LogP contribution in [0.15, 0.2) is 48.5 Å². The number of nitrogens with one attached hydrogen (secondary N) is 1. The predicted molar refractivity (Wildman–Crippen MR) is 105 cm³/mol. The summed E-state index contributed by atoms with van der Waals surface area (Å²) < 4.78 is 0. The highest BCUT2D eigenvalue weighted by Gasteiger charge is 2.27. The van der Waals surface area contributed by atoms with Crippen molar-refractivity contribution in [1.82, 2.24) is 10.2 Å². The lowest BCUT2D eigenvalue weighted by Crippen LogP contribution is -2.43. The maximum absolute atomic E-state index is 12.5. The summed E-state index contributed by atoms with van der Waals surface area (Å²) >= 11 is 0. The number of hydrogen-bond donors (Lipinski definition) is 2. The second-order valence-electron chi connectivity index (χ2n) is 7.14. The number of likely N-dealkylation sites (tertiary alicyclic amines) is 1. The number of piperidine rings is 1. The van der Waals surface area contributed by atoms with Gasteiger partial charge < -0.3 is 15.3 Å². The molecular weight excluding hydrogens is 340 g/mol. The largest absolute Gasteiger partial charge is 0.508 e. The van der Waals surface area contributed by atoms with E-state index in [1.165, 1.54) is 0 Å². The maximum Gasteiger partial charge on any atom is 0.253 e. The average molecular weight is 366 g/mol. The van der Waals surface area contributed by atoms with Crippen molar-refractivity contribution < 1.29 is 14.7 Å². The number of amides is 2. The summed E-state index contributed by atoms with van der Waals surface area (Å²) in [6.45, 7) is 3.80. The van der Waals surface area contributed by atoms with Crippen LogP contribution < -0.4 is 5.32 Å². The number of carbonyl (C=O) groups excluding carboxylic acids is 2. The lowest BCUT2D eigenvalue weighted by molar-refractivity contribution is -0.126. The van der Waals surface area contributed by atoms with Gasteiger partial charge in [-0.25, -0.2) is 0 Å². The van der Waals surface area contributed by atoms with Crippen LogP contribution in [-0.2, 0) is 11.2 Å². The first kappa shape index (κ1) is 19.0. The molecule has 142 valence electrons. The molecule has 0 unspecified atom stereocenters. The topological polar surface area (TPSA) is 69.6 Å². The first-order valence-electron chi connectivity index (χ1n) is 9.44. The zero-order chi connectivity index (χ0) is 19.2. The van der Waals surface area contributed by atoms with E-state index in [0.29, 0.717) is 38.0 Å². The lowest BCUT2D eigenvalue weighted by atomic mass is 9.95. The van der Waals surface area contributed by atoms with E-state index in [0.717, 1.165) is 17.5 Å². The summed E-state index contributed by atoms with van der Waals surface area (Å²) in [6.07, 6.45) is 2.13. The smallest absolute Gasteiger partial charge is 0.253 e. The molecule has 1 fully saturated rings. The highest BCUT2D eigenvalue weighted by atomic mass is 16.3. The van der Waals surface area contributed by atoms with Gasteiger partial charge >= 0.3 is 0 Å². The van der Waals surface area contributed by atoms with E-state index in [9.17, 15) is 14.7 Å². The van der Waals surface area contributed by atoms with Crippen molar-refractivity contribution in [1.29, 1.82) is 0 Å². The molecule has 5 heteroatoms. The zero-order valence-electron chi connectivity index (χ0n) is 15.6. The fourth-order valence-corrected chi connectivity index (χ4v) is 3.36. The van der Waals surface area contributed by atoms with Crippen LogP contribution in [0.25, 0.3) is 0 Å². The molecular formula is C22H26N2O3. The third-order valence-electron chi connectivity index (χ3n) is 5.10. The third kappa shape index (κ3) is 5.09. The van der Waals surface area contributed by atoms with Crippen LogP contribution in [-0.4, -0.2) is 41.5 Å². The van der Waals surface area contributed by atoms with Crippen LogP contribution in [0.5, 0.6) is 5.75 Å². The lowest BCUT2D eigenvalue weighted by Gasteiger charge is -2.31. The molecule has 27 heavy (non-hydrogen) atoms. The highest BCUT2D eigenvalue weighted by Crippen LogP contribution is 2.19. The van der Waals surface area contributed by atoms with Gasteiger partial charge in [-0.15, -0.1) is 0 Å². The second kappa shape index (κ2) is 8.71. The number of carbonyl (C=O) groups is 2. The highest BCUT2D eigenvalue weighted by molar-refractivity contribution is 5.94. The molecule has 2 aromatic rings. The molecule has 0 saturated carbocycles. The summed E-state index contributed by atoms with van der Waals surface area (Å²) in [5.41, 5.74) is 2.92. The number of phenolic OH excluding ortho intramolecular Hbond substituents is 1. The van der Waals surface area contributed by atoms with Crippen LogP contribution in [0.4, 0.5) is 0 Å². The van der Waals surface area contributed by atoms with Gasteiger partial charge in [-0.05, 0) is 56.0 Å². The Labute approximate surface area is 160 Å². The van der Waals surface area contributed by atoms with Gasteiger partial charge in [0.05, 0.1) is 0 Å². The van der Waals surface area contributed by atoms with E-state index in [-0.39, 0.29) is 23.5 Å². The summed E-state index contributed by atoms with van der Waals surface area (Å²) in [5, 5.41) is 12.3. The van der Waals surface area contributed by atoms with Crippen molar-refractivity contribution in [3.8, 4) is 5.75 Å². The number of aryl methyl sites for hydroxylation is 1. The molecule has 0 atom stereocenters. The minimum absolute atomic E-state index is 0.0353. The number of benzene rings is 2. The van der Waals surface area contributed by atoms with Gasteiger partial charge in [0.15, 0.2) is 0 Å². The first-order chi connectivity index (χ1) is 13.0. The monoisotopic (exact) mass is 366 g/mol. The first-order valence-corrected chi connectivity index (χ1v) is 9.44. The number of phenols is 1. The molecule has 2 amide bonds. The maximum atomic E-state index is 12.5. The number of aromatic hydroxyl groups is 1. The number of hydrogen-bond acceptors (Lipinski definition) is 3. The Morgan fingerprint density at radius 2 is 1.67 bits per heavy atom. The third-order valence-corrected chi connectivity index (χ3v) is 5.10. The minimum Gasteiger partial charge on any atom is -0.508 e. The molecule has 5 nitrogen and oxygen atoms in total. The Morgan fingerprint density at radius 3 is 2.30 bits per heavy atom. The Bertz CT molecular complexity index is 776. The van der Waals surface area contributed by atoms with Crippen LogP contribution in [0.1, 0.15) is 34.3 Å². The van der Waals surface area contributed by atoms with Crippen molar-refractivity contribution >= 4 is 11.8 Å². The summed E-state index contributed by atoms with van der Waals surface area (Å²) in [6, 6.07) is 14.6. The SMILES string of the molecule is Cc1ccc(C(=O)N2CCC(C(=O)NCCc3ccc(O)cc3)CC2)cc1. The molecule has 1 saturated heterocycles. The van der Waals surface area contributed by atoms with Crippen LogP contribution in [0, 0.1) is 12.8 Å². The van der Waals surface area contributed by atoms with Gasteiger partial charge in [0.1, 0.15) is 5.75 Å². The Kier molecular flexibility index (Phi) is 6.12. The Morgan fingerprint density at radius 1 is 1.04 bits per heavy atom. The molecule has 0 radical (unpaired) electrons. The van der Waals surface area contributed by atoms with Crippen LogP contribution in [0.3, 0.4) is 0 Å². The van der Waals surface area contributed by atoms with Gasteiger partial charge in [0.2, 0.25) is 5.91 Å². The van der Waals surface area contributed by atoms with Crippen molar-refractivity contribution in [3.63, 3.8) is 0 Å². The molecule has 1 aliphatic heterocycles. The fraction of sp³-hybridized carbons (Fsp3) is 0.364. The van der Waals surface area contributed by atoms with Crippen molar-refractivity contribution in [2.75, 3.05) is 19.6 Å². The normalized spacial score (nSPS) is 14.8. The minimum atomic E-state index is -0.0353. The molecule has 0 aromatic heterocycles. The van der Waals surface area contributed by atoms with Gasteiger partial charge in [-0.2, -0.15) is 0 Å². The quantitative estimate of drug-likeness (QED) is 0.855. The Hall–Kier alpha value is -2.82. The average Bonchev–Trinajstić information content (AvgIpc) is 2.69. The van der Waals surface area contributed by atoms with Gasteiger partial charge in [0.25, 0.3) is 5.91 Å². The number of nitrogens with zero attached hydrogens (tertiary/aromatic N) is 1. The molecule has 3 rings (SSSR count). The molecule has 0 aliphatic carbocycles. The molecule has 0 bridgehead atoms. The van der Waals surface area contributed by atoms with E-state index in [4.69, 9.17) is 0 Å². The van der Waals surface area contributed by atoms with Gasteiger partial charge in [-0.1, -0.05) is 29.8 Å². The molecule has 0 spiro atoms. The fourth-order valence-electron chi connectivity index (χ4n) is 3.36. The van der Waals surface area contributed by atoms with Crippen molar-refractivity contribution in [2.24, 2.45) is 5.92 Å². The summed E-state index contributed by atoms with van der Waals surface area (Å²) in [4.78, 5) is 26.8. The van der Waals surface area contributed by atoms with Gasteiger partial charge in [0, 0.05) is 31.1 Å². The second-order valence-corrected chi connectivity index (χ2v) is 7.14.